The smallest absolute Gasteiger partial charge is 0.255 e. The van der Waals surface area contributed by atoms with Crippen molar-refractivity contribution in [3.63, 3.8) is 0 Å². The van der Waals surface area contributed by atoms with Gasteiger partial charge < -0.3 is 20.5 Å². The zero-order valence-corrected chi connectivity index (χ0v) is 24.9. The van der Waals surface area contributed by atoms with E-state index in [1.807, 2.05) is 13.0 Å². The molecule has 0 aliphatic heterocycles. The molecule has 3 N–H and O–H groups in total. The Kier molecular flexibility index (Phi) is 17.9. The van der Waals surface area contributed by atoms with Gasteiger partial charge in [0, 0.05) is 35.9 Å². The molecular formula is C32H47ClN2O4. The van der Waals surface area contributed by atoms with Crippen molar-refractivity contribution in [3.8, 4) is 5.75 Å². The van der Waals surface area contributed by atoms with E-state index in [0.29, 0.717) is 48.4 Å². The number of rotatable bonds is 16. The minimum Gasteiger partial charge on any atom is -0.492 e. The second kappa shape index (κ2) is 20.3. The Morgan fingerprint density at radius 2 is 1.79 bits per heavy atom. The number of methoxy groups -OCH3 is 1. The number of ketones is 1. The highest BCUT2D eigenvalue weighted by molar-refractivity contribution is 6.30. The van der Waals surface area contributed by atoms with E-state index < -0.39 is 0 Å². The van der Waals surface area contributed by atoms with Crippen LogP contribution in [0.3, 0.4) is 0 Å². The van der Waals surface area contributed by atoms with Crippen molar-refractivity contribution in [2.45, 2.75) is 65.7 Å². The van der Waals surface area contributed by atoms with Gasteiger partial charge in [-0.2, -0.15) is 0 Å². The molecular weight excluding hydrogens is 512 g/mol. The standard InChI is InChI=1S/C17H25NO3.C15H22ClNO/c1-5-7-8-14-13(3)9-10-15(16(14)21-6-2)17(19)18-11-12-20-4;1-2-4-12(11-17)5-3-6-15(18)13-7-9-14(16)10-8-13/h8-10H,3,5-7,11-12H2,1-2,4H3,(H,18,19);7-10,12H,2-6,11,17H2,1H3/b14-8+;. The lowest BCUT2D eigenvalue weighted by molar-refractivity contribution is 0.0931. The highest BCUT2D eigenvalue weighted by Crippen LogP contribution is 2.16. The van der Waals surface area contributed by atoms with Gasteiger partial charge in [0.25, 0.3) is 5.91 Å². The first-order valence-electron chi connectivity index (χ1n) is 14.0. The molecule has 0 aliphatic rings. The lowest BCUT2D eigenvalue weighted by atomic mass is 9.95. The van der Waals surface area contributed by atoms with Gasteiger partial charge in [-0.25, -0.2) is 0 Å². The first-order valence-corrected chi connectivity index (χ1v) is 14.4. The van der Waals surface area contributed by atoms with E-state index in [9.17, 15) is 9.59 Å². The average molecular weight is 559 g/mol. The number of hydrogen-bond donors (Lipinski definition) is 2. The molecule has 2 aromatic rings. The van der Waals surface area contributed by atoms with E-state index in [-0.39, 0.29) is 11.7 Å². The highest BCUT2D eigenvalue weighted by atomic mass is 35.5. The molecule has 0 fully saturated rings. The summed E-state index contributed by atoms with van der Waals surface area (Å²) in [5.41, 5.74) is 7.00. The van der Waals surface area contributed by atoms with Gasteiger partial charge in [0.05, 0.1) is 18.8 Å². The van der Waals surface area contributed by atoms with Gasteiger partial charge in [-0.15, -0.1) is 0 Å². The van der Waals surface area contributed by atoms with Crippen LogP contribution in [-0.2, 0) is 4.74 Å². The molecule has 0 bridgehead atoms. The van der Waals surface area contributed by atoms with Crippen LogP contribution in [0, 0.1) is 5.92 Å². The quantitative estimate of drug-likeness (QED) is 0.209. The van der Waals surface area contributed by atoms with Gasteiger partial charge in [0.2, 0.25) is 0 Å². The van der Waals surface area contributed by atoms with Gasteiger partial charge in [0.15, 0.2) is 5.78 Å². The van der Waals surface area contributed by atoms with E-state index in [1.54, 1.807) is 37.4 Å². The summed E-state index contributed by atoms with van der Waals surface area (Å²) in [6.07, 6.45) is 8.93. The summed E-state index contributed by atoms with van der Waals surface area (Å²) < 4.78 is 10.6. The normalized spacial score (nSPS) is 11.9. The third-order valence-corrected chi connectivity index (χ3v) is 6.51. The Hall–Kier alpha value is -2.67. The van der Waals surface area contributed by atoms with Crippen LogP contribution >= 0.6 is 11.6 Å². The number of benzene rings is 2. The fourth-order valence-electron chi connectivity index (χ4n) is 4.11. The monoisotopic (exact) mass is 558 g/mol. The van der Waals surface area contributed by atoms with Gasteiger partial charge in [-0.05, 0) is 80.6 Å². The molecule has 2 rings (SSSR count). The van der Waals surface area contributed by atoms with Crippen LogP contribution in [0.1, 0.15) is 86.4 Å². The van der Waals surface area contributed by atoms with E-state index >= 15 is 0 Å². The Balaban J connectivity index is 0.000000395. The molecule has 1 unspecified atom stereocenters. The van der Waals surface area contributed by atoms with Crippen LogP contribution in [0.15, 0.2) is 36.4 Å². The predicted octanol–water partition coefficient (Wildman–Crippen LogP) is 5.52. The Bertz CT molecular complexity index is 1100. The molecule has 0 saturated carbocycles. The molecule has 216 valence electrons. The Labute approximate surface area is 239 Å². The number of nitrogens with one attached hydrogen (secondary N) is 1. The third-order valence-electron chi connectivity index (χ3n) is 6.26. The molecule has 2 aromatic carbocycles. The fourth-order valence-corrected chi connectivity index (χ4v) is 4.24. The number of amides is 1. The highest BCUT2D eigenvalue weighted by Gasteiger charge is 2.14. The molecule has 0 spiro atoms. The molecule has 0 aromatic heterocycles. The number of carbonyl (C=O) groups excluding carboxylic acids is 2. The van der Waals surface area contributed by atoms with Crippen molar-refractivity contribution in [1.82, 2.24) is 5.32 Å². The van der Waals surface area contributed by atoms with Gasteiger partial charge >= 0.3 is 0 Å². The van der Waals surface area contributed by atoms with Crippen LogP contribution in [-0.4, -0.2) is 45.1 Å². The summed E-state index contributed by atoms with van der Waals surface area (Å²) >= 11 is 5.79. The van der Waals surface area contributed by atoms with Crippen molar-refractivity contribution in [2.75, 3.05) is 33.4 Å². The van der Waals surface area contributed by atoms with E-state index in [0.717, 1.165) is 61.1 Å². The Morgan fingerprint density at radius 1 is 1.08 bits per heavy atom. The first-order chi connectivity index (χ1) is 18.8. The molecule has 0 aliphatic carbocycles. The fraction of sp³-hybridized carbons (Fsp3) is 0.500. The van der Waals surface area contributed by atoms with Crippen molar-refractivity contribution in [1.29, 1.82) is 0 Å². The van der Waals surface area contributed by atoms with Gasteiger partial charge in [-0.1, -0.05) is 57.0 Å². The average Bonchev–Trinajstić information content (AvgIpc) is 2.93. The molecule has 0 heterocycles. The van der Waals surface area contributed by atoms with Crippen LogP contribution in [0.25, 0.3) is 12.7 Å². The molecule has 1 atom stereocenters. The van der Waals surface area contributed by atoms with Crippen LogP contribution in [0.4, 0.5) is 0 Å². The zero-order valence-electron chi connectivity index (χ0n) is 24.2. The minimum atomic E-state index is -0.151. The maximum atomic E-state index is 12.3. The summed E-state index contributed by atoms with van der Waals surface area (Å²) in [5, 5.41) is 5.28. The topological polar surface area (TPSA) is 90.7 Å². The molecule has 39 heavy (non-hydrogen) atoms. The third kappa shape index (κ3) is 12.8. The molecule has 0 radical (unpaired) electrons. The second-order valence-electron chi connectivity index (χ2n) is 9.40. The number of halogens is 1. The summed E-state index contributed by atoms with van der Waals surface area (Å²) in [6, 6.07) is 10.7. The van der Waals surface area contributed by atoms with Crippen molar-refractivity contribution < 1.29 is 19.1 Å². The van der Waals surface area contributed by atoms with Crippen LogP contribution in [0.2, 0.25) is 5.02 Å². The van der Waals surface area contributed by atoms with Crippen molar-refractivity contribution >= 4 is 35.9 Å². The van der Waals surface area contributed by atoms with Crippen molar-refractivity contribution in [3.05, 3.63) is 63.0 Å². The maximum Gasteiger partial charge on any atom is 0.255 e. The summed E-state index contributed by atoms with van der Waals surface area (Å²) in [7, 11) is 1.60. The zero-order chi connectivity index (χ0) is 29.0. The lowest BCUT2D eigenvalue weighted by Gasteiger charge is -2.12. The molecule has 1 amide bonds. The molecule has 0 saturated heterocycles. The minimum absolute atomic E-state index is 0.151. The number of hydrogen-bond acceptors (Lipinski definition) is 5. The maximum absolute atomic E-state index is 12.3. The lowest BCUT2D eigenvalue weighted by Crippen LogP contribution is -2.32. The SMILES string of the molecule is C=c1ccc(C(=O)NCCOC)c(OCC)/c1=C/CCC.CCCC(CN)CCCC(=O)c1ccc(Cl)cc1. The Morgan fingerprint density at radius 3 is 2.38 bits per heavy atom. The number of carbonyl (C=O) groups is 2. The number of nitrogens with two attached hydrogens (primary N) is 1. The second-order valence-corrected chi connectivity index (χ2v) is 9.84. The predicted molar refractivity (Wildman–Crippen MR) is 163 cm³/mol. The molecule has 6 nitrogen and oxygen atoms in total. The summed E-state index contributed by atoms with van der Waals surface area (Å²) in [4.78, 5) is 24.2. The van der Waals surface area contributed by atoms with E-state index in [4.69, 9.17) is 26.8 Å². The van der Waals surface area contributed by atoms with Crippen LogP contribution < -0.4 is 26.2 Å². The van der Waals surface area contributed by atoms with Crippen LogP contribution in [0.5, 0.6) is 5.75 Å². The first kappa shape index (κ1) is 34.4. The summed E-state index contributed by atoms with van der Waals surface area (Å²) in [5.74, 6) is 1.22. The van der Waals surface area contributed by atoms with Gasteiger partial charge in [0.1, 0.15) is 5.75 Å². The van der Waals surface area contributed by atoms with E-state index in [1.165, 1.54) is 0 Å². The number of unbranched alkanes of at least 4 members (excludes halogenated alkanes) is 1. The van der Waals surface area contributed by atoms with E-state index in [2.05, 4.69) is 31.8 Å². The number of Topliss-reactive ketones (excluding diaryl/α,β-unsaturated/α-hetero) is 1. The summed E-state index contributed by atoms with van der Waals surface area (Å²) in [6.45, 7) is 12.4. The van der Waals surface area contributed by atoms with Crippen molar-refractivity contribution in [2.24, 2.45) is 11.7 Å². The molecule has 7 heteroatoms. The number of ether oxygens (including phenoxy) is 2. The largest absolute Gasteiger partial charge is 0.492 e. The van der Waals surface area contributed by atoms with Gasteiger partial charge in [-0.3, -0.25) is 9.59 Å².